The summed E-state index contributed by atoms with van der Waals surface area (Å²) < 4.78 is 0.194. The smallest absolute Gasteiger partial charge is 0.335 e. The van der Waals surface area contributed by atoms with Gasteiger partial charge >= 0.3 is 5.97 Å². The third-order valence-corrected chi connectivity index (χ3v) is 6.38. The third-order valence-electron chi connectivity index (χ3n) is 4.80. The van der Waals surface area contributed by atoms with E-state index in [0.717, 1.165) is 22.2 Å². The number of nitrogens with zero attached hydrogens (tertiary/aromatic N) is 2. The van der Waals surface area contributed by atoms with Gasteiger partial charge < -0.3 is 5.11 Å². The molecule has 10 heteroatoms. The van der Waals surface area contributed by atoms with Crippen LogP contribution < -0.4 is 4.90 Å². The number of carbonyl (C=O) groups is 4. The third kappa shape index (κ3) is 3.99. The predicted octanol–water partition coefficient (Wildman–Crippen LogP) is 3.57. The summed E-state index contributed by atoms with van der Waals surface area (Å²) in [5, 5.41) is 9.58. The molecule has 0 spiro atoms. The fourth-order valence-corrected chi connectivity index (χ4v) is 4.78. The Bertz CT molecular complexity index is 1160. The summed E-state index contributed by atoms with van der Waals surface area (Å²) in [6.45, 7) is 0. The highest BCUT2D eigenvalue weighted by Gasteiger charge is 2.48. The highest BCUT2D eigenvalue weighted by molar-refractivity contribution is 8.26. The molecule has 0 aliphatic carbocycles. The lowest BCUT2D eigenvalue weighted by Gasteiger charge is -2.21. The maximum atomic E-state index is 13.0. The first-order valence-corrected chi connectivity index (χ1v) is 10.6. The van der Waals surface area contributed by atoms with Gasteiger partial charge in [-0.1, -0.05) is 47.7 Å². The zero-order valence-electron chi connectivity index (χ0n) is 15.6. The molecule has 3 amide bonds. The molecular weight excluding hydrogens is 460 g/mol. The Morgan fingerprint density at radius 2 is 1.74 bits per heavy atom. The molecule has 0 unspecified atom stereocenters. The van der Waals surface area contributed by atoms with Gasteiger partial charge in [0, 0.05) is 5.02 Å². The Kier molecular flexibility index (Phi) is 5.65. The Morgan fingerprint density at radius 1 is 1.10 bits per heavy atom. The number of halogens is 1. The van der Waals surface area contributed by atoms with Gasteiger partial charge in [0.15, 0.2) is 0 Å². The molecule has 2 aliphatic heterocycles. The number of hydrogen-bond acceptors (Lipinski definition) is 6. The molecule has 2 aromatic carbocycles. The number of carbonyl (C=O) groups excluding carboxylic acids is 3. The summed E-state index contributed by atoms with van der Waals surface area (Å²) in [5.74, 6) is -2.64. The van der Waals surface area contributed by atoms with Gasteiger partial charge in [-0.15, -0.1) is 0 Å². The van der Waals surface area contributed by atoms with Crippen molar-refractivity contribution in [1.29, 1.82) is 0 Å². The molecule has 0 bridgehead atoms. The van der Waals surface area contributed by atoms with E-state index in [-0.39, 0.29) is 22.0 Å². The lowest BCUT2D eigenvalue weighted by Crippen LogP contribution is -2.44. The highest BCUT2D eigenvalue weighted by Crippen LogP contribution is 2.37. The van der Waals surface area contributed by atoms with Crippen molar-refractivity contribution in [3.63, 3.8) is 0 Å². The Balaban J connectivity index is 1.58. The topological polar surface area (TPSA) is 95.0 Å². The molecule has 0 aromatic heterocycles. The second kappa shape index (κ2) is 8.26. The lowest BCUT2D eigenvalue weighted by atomic mass is 10.2. The first kappa shape index (κ1) is 21.2. The summed E-state index contributed by atoms with van der Waals surface area (Å²) in [6.07, 6.45) is 1.44. The van der Waals surface area contributed by atoms with Crippen molar-refractivity contribution in [2.75, 3.05) is 4.90 Å². The van der Waals surface area contributed by atoms with Gasteiger partial charge in [-0.2, -0.15) is 0 Å². The summed E-state index contributed by atoms with van der Waals surface area (Å²) in [7, 11) is 0. The molecule has 7 nitrogen and oxygen atoms in total. The molecule has 156 valence electrons. The molecule has 1 N–H and O–H groups in total. The Labute approximate surface area is 191 Å². The van der Waals surface area contributed by atoms with Crippen molar-refractivity contribution in [2.24, 2.45) is 0 Å². The van der Waals surface area contributed by atoms with Gasteiger partial charge in [0.1, 0.15) is 10.4 Å². The number of benzene rings is 2. The predicted molar refractivity (Wildman–Crippen MR) is 121 cm³/mol. The lowest BCUT2D eigenvalue weighted by molar-refractivity contribution is -0.129. The van der Waals surface area contributed by atoms with E-state index < -0.39 is 29.7 Å². The minimum absolute atomic E-state index is 0.0312. The van der Waals surface area contributed by atoms with Gasteiger partial charge in [-0.25, -0.2) is 9.69 Å². The standard InChI is InChI=1S/C21H13ClN2O5S2/c22-13-5-1-11(2-6-13)9-16-19(27)24(21(30)31-16)15-10-17(25)23(18(15)26)14-7-3-12(4-8-14)20(28)29/h1-9,15H,10H2,(H,28,29)/b16-9-/t15-/m1/s1. The average Bonchev–Trinajstić information content (AvgIpc) is 3.17. The number of thiocarbonyl (C=S) groups is 1. The van der Waals surface area contributed by atoms with Crippen molar-refractivity contribution in [3.8, 4) is 0 Å². The number of amides is 3. The van der Waals surface area contributed by atoms with Crippen LogP contribution in [0.15, 0.2) is 53.4 Å². The van der Waals surface area contributed by atoms with E-state index in [1.807, 2.05) is 0 Å². The summed E-state index contributed by atoms with van der Waals surface area (Å²) in [6, 6.07) is 11.2. The second-order valence-corrected chi connectivity index (χ2v) is 8.85. The molecule has 2 heterocycles. The fourth-order valence-electron chi connectivity index (χ4n) is 3.30. The van der Waals surface area contributed by atoms with Gasteiger partial charge in [0.05, 0.1) is 22.6 Å². The summed E-state index contributed by atoms with van der Waals surface area (Å²) in [5.41, 5.74) is 1.02. The van der Waals surface area contributed by atoms with Crippen LogP contribution in [-0.4, -0.2) is 44.1 Å². The first-order chi connectivity index (χ1) is 14.8. The van der Waals surface area contributed by atoms with Crippen LogP contribution >= 0.6 is 35.6 Å². The van der Waals surface area contributed by atoms with E-state index in [2.05, 4.69) is 0 Å². The van der Waals surface area contributed by atoms with Crippen molar-refractivity contribution in [2.45, 2.75) is 12.5 Å². The first-order valence-electron chi connectivity index (χ1n) is 8.99. The second-order valence-electron chi connectivity index (χ2n) is 6.74. The molecule has 2 aromatic rings. The van der Waals surface area contributed by atoms with E-state index >= 15 is 0 Å². The van der Waals surface area contributed by atoms with Crippen molar-refractivity contribution in [1.82, 2.24) is 4.90 Å². The Hall–Kier alpha value is -3.01. The van der Waals surface area contributed by atoms with Crippen LogP contribution in [0.25, 0.3) is 6.08 Å². The minimum Gasteiger partial charge on any atom is -0.478 e. The fraction of sp³-hybridized carbons (Fsp3) is 0.0952. The number of hydrogen-bond donors (Lipinski definition) is 1. The zero-order valence-corrected chi connectivity index (χ0v) is 18.0. The molecule has 1 atom stereocenters. The van der Waals surface area contributed by atoms with E-state index in [9.17, 15) is 19.2 Å². The molecule has 2 aliphatic rings. The number of carboxylic acid groups (broad SMARTS) is 1. The number of thioether (sulfide) groups is 1. The summed E-state index contributed by atoms with van der Waals surface area (Å²) in [4.78, 5) is 52.0. The molecule has 2 fully saturated rings. The van der Waals surface area contributed by atoms with Crippen LogP contribution in [0.4, 0.5) is 5.69 Å². The van der Waals surface area contributed by atoms with Crippen LogP contribution in [-0.2, 0) is 14.4 Å². The zero-order chi connectivity index (χ0) is 22.3. The van der Waals surface area contributed by atoms with E-state index in [0.29, 0.717) is 9.93 Å². The summed E-state index contributed by atoms with van der Waals surface area (Å²) >= 11 is 12.3. The van der Waals surface area contributed by atoms with Crippen LogP contribution in [0.1, 0.15) is 22.3 Å². The largest absolute Gasteiger partial charge is 0.478 e. The monoisotopic (exact) mass is 472 g/mol. The molecular formula is C21H13ClN2O5S2. The Morgan fingerprint density at radius 3 is 2.35 bits per heavy atom. The number of rotatable bonds is 4. The average molecular weight is 473 g/mol. The highest BCUT2D eigenvalue weighted by atomic mass is 35.5. The maximum Gasteiger partial charge on any atom is 0.335 e. The van der Waals surface area contributed by atoms with Crippen LogP contribution in [0.2, 0.25) is 5.02 Å². The van der Waals surface area contributed by atoms with Crippen LogP contribution in [0.5, 0.6) is 0 Å². The van der Waals surface area contributed by atoms with Gasteiger partial charge in [0.2, 0.25) is 5.91 Å². The molecule has 2 saturated heterocycles. The minimum atomic E-state index is -1.12. The van der Waals surface area contributed by atoms with Crippen LogP contribution in [0.3, 0.4) is 0 Å². The SMILES string of the molecule is O=C(O)c1ccc(N2C(=O)C[C@@H](N3C(=O)/C(=C/c4ccc(Cl)cc4)SC3=S)C2=O)cc1. The number of imide groups is 1. The maximum absolute atomic E-state index is 13.0. The van der Waals surface area contributed by atoms with E-state index in [4.69, 9.17) is 28.9 Å². The van der Waals surface area contributed by atoms with E-state index in [1.54, 1.807) is 30.3 Å². The van der Waals surface area contributed by atoms with E-state index in [1.165, 1.54) is 29.2 Å². The van der Waals surface area contributed by atoms with Gasteiger partial charge in [-0.05, 0) is 48.0 Å². The van der Waals surface area contributed by atoms with Crippen molar-refractivity contribution < 1.29 is 24.3 Å². The number of aromatic carboxylic acids is 1. The van der Waals surface area contributed by atoms with Gasteiger partial charge in [0.25, 0.3) is 11.8 Å². The number of anilines is 1. The molecule has 0 radical (unpaired) electrons. The van der Waals surface area contributed by atoms with Crippen molar-refractivity contribution in [3.05, 3.63) is 69.6 Å². The van der Waals surface area contributed by atoms with Crippen LogP contribution in [0, 0.1) is 0 Å². The molecule has 31 heavy (non-hydrogen) atoms. The quantitative estimate of drug-likeness (QED) is 0.413. The normalized spacial score (nSPS) is 20.3. The number of carboxylic acids is 1. The van der Waals surface area contributed by atoms with Gasteiger partial charge in [-0.3, -0.25) is 19.3 Å². The molecule has 4 rings (SSSR count). The molecule has 0 saturated carbocycles. The van der Waals surface area contributed by atoms with Crippen molar-refractivity contribution >= 4 is 75.4 Å².